The normalized spacial score (nSPS) is 19.1. The third-order valence-electron chi connectivity index (χ3n) is 2.28. The van der Waals surface area contributed by atoms with Crippen LogP contribution in [-0.4, -0.2) is 12.6 Å². The van der Waals surface area contributed by atoms with Crippen molar-refractivity contribution in [3.05, 3.63) is 6.42 Å². The van der Waals surface area contributed by atoms with Gasteiger partial charge in [-0.15, -0.1) is 0 Å². The van der Waals surface area contributed by atoms with Crippen molar-refractivity contribution in [1.82, 2.24) is 0 Å². The smallest absolute Gasteiger partial charge is 0.306 e. The zero-order valence-corrected chi connectivity index (χ0v) is 7.71. The van der Waals surface area contributed by atoms with Crippen molar-refractivity contribution in [2.24, 2.45) is 5.92 Å². The van der Waals surface area contributed by atoms with E-state index in [1.165, 1.54) is 19.3 Å². The molecule has 1 fully saturated rings. The van der Waals surface area contributed by atoms with Gasteiger partial charge in [-0.25, -0.2) is 0 Å². The van der Waals surface area contributed by atoms with Crippen LogP contribution in [-0.2, 0) is 9.53 Å². The van der Waals surface area contributed by atoms with Crippen molar-refractivity contribution in [3.63, 3.8) is 0 Å². The molecule has 0 amide bonds. The van der Waals surface area contributed by atoms with E-state index in [4.69, 9.17) is 4.74 Å². The minimum absolute atomic E-state index is 0.0298. The lowest BCUT2D eigenvalue weighted by Gasteiger charge is -2.19. The summed E-state index contributed by atoms with van der Waals surface area (Å²) in [4.78, 5) is 11.1. The van der Waals surface area contributed by atoms with E-state index in [-0.39, 0.29) is 5.97 Å². The van der Waals surface area contributed by atoms with Crippen molar-refractivity contribution in [1.29, 1.82) is 0 Å². The summed E-state index contributed by atoms with van der Waals surface area (Å²) in [5.41, 5.74) is 0. The third-order valence-corrected chi connectivity index (χ3v) is 2.28. The Morgan fingerprint density at radius 3 is 3.08 bits per heavy atom. The molecule has 12 heavy (non-hydrogen) atoms. The van der Waals surface area contributed by atoms with E-state index in [0.29, 0.717) is 18.9 Å². The van der Waals surface area contributed by atoms with E-state index in [1.54, 1.807) is 0 Å². The standard InChI is InChI=1S/C10H17O2/c1-2-12-10(11)8-9-6-4-3-5-7-9/h4,9H,2-3,5-8H2,1H3. The number of hydrogen-bond donors (Lipinski definition) is 0. The highest BCUT2D eigenvalue weighted by Gasteiger charge is 2.17. The highest BCUT2D eigenvalue weighted by molar-refractivity contribution is 5.69. The maximum Gasteiger partial charge on any atom is 0.306 e. The molecule has 69 valence electrons. The second-order valence-corrected chi connectivity index (χ2v) is 3.33. The lowest BCUT2D eigenvalue weighted by atomic mass is 9.87. The van der Waals surface area contributed by atoms with Crippen LogP contribution in [0.3, 0.4) is 0 Å². The summed E-state index contributed by atoms with van der Waals surface area (Å²) in [7, 11) is 0. The predicted octanol–water partition coefficient (Wildman–Crippen LogP) is 2.33. The molecule has 0 aromatic heterocycles. The van der Waals surface area contributed by atoms with Gasteiger partial charge in [-0.1, -0.05) is 12.8 Å². The summed E-state index contributed by atoms with van der Waals surface area (Å²) in [6.07, 6.45) is 7.65. The lowest BCUT2D eigenvalue weighted by molar-refractivity contribution is -0.144. The third kappa shape index (κ3) is 3.24. The van der Waals surface area contributed by atoms with Crippen LogP contribution in [0.15, 0.2) is 0 Å². The van der Waals surface area contributed by atoms with Gasteiger partial charge in [0.1, 0.15) is 0 Å². The molecule has 2 nitrogen and oxygen atoms in total. The molecule has 1 saturated carbocycles. The van der Waals surface area contributed by atoms with Crippen molar-refractivity contribution in [2.75, 3.05) is 6.61 Å². The molecule has 0 N–H and O–H groups in total. The zero-order chi connectivity index (χ0) is 8.81. The summed E-state index contributed by atoms with van der Waals surface area (Å²) >= 11 is 0. The Morgan fingerprint density at radius 1 is 1.67 bits per heavy atom. The fourth-order valence-corrected chi connectivity index (χ4v) is 1.66. The van der Waals surface area contributed by atoms with Crippen molar-refractivity contribution < 1.29 is 9.53 Å². The molecule has 1 unspecified atom stereocenters. The molecule has 2 heteroatoms. The largest absolute Gasteiger partial charge is 0.466 e. The van der Waals surface area contributed by atoms with Crippen molar-refractivity contribution >= 4 is 5.97 Å². The molecule has 0 aromatic carbocycles. The van der Waals surface area contributed by atoms with Crippen LogP contribution in [0, 0.1) is 12.3 Å². The number of rotatable bonds is 3. The molecular formula is C10H17O2. The van der Waals surface area contributed by atoms with Crippen LogP contribution in [0.2, 0.25) is 0 Å². The summed E-state index contributed by atoms with van der Waals surface area (Å²) in [6.45, 7) is 2.36. The van der Waals surface area contributed by atoms with Gasteiger partial charge in [0.15, 0.2) is 0 Å². The van der Waals surface area contributed by atoms with E-state index in [0.717, 1.165) is 6.42 Å². The van der Waals surface area contributed by atoms with Gasteiger partial charge < -0.3 is 4.74 Å². The van der Waals surface area contributed by atoms with E-state index >= 15 is 0 Å². The second-order valence-electron chi connectivity index (χ2n) is 3.33. The van der Waals surface area contributed by atoms with E-state index in [9.17, 15) is 4.79 Å². The monoisotopic (exact) mass is 169 g/mol. The molecule has 1 aliphatic rings. The first-order chi connectivity index (χ1) is 5.83. The topological polar surface area (TPSA) is 26.3 Å². The van der Waals surface area contributed by atoms with Crippen LogP contribution in [0.1, 0.15) is 39.0 Å². The molecule has 1 radical (unpaired) electrons. The Labute approximate surface area is 74.3 Å². The fourth-order valence-electron chi connectivity index (χ4n) is 1.66. The number of ether oxygens (including phenoxy) is 1. The first-order valence-corrected chi connectivity index (χ1v) is 4.80. The quantitative estimate of drug-likeness (QED) is 0.606. The Kier molecular flexibility index (Phi) is 4.12. The molecule has 0 aromatic rings. The molecule has 1 aliphatic carbocycles. The maximum atomic E-state index is 11.1. The van der Waals surface area contributed by atoms with E-state index in [1.807, 2.05) is 6.92 Å². The first-order valence-electron chi connectivity index (χ1n) is 4.80. The molecule has 0 aliphatic heterocycles. The molecule has 1 atom stereocenters. The van der Waals surface area contributed by atoms with Crippen LogP contribution in [0.5, 0.6) is 0 Å². The molecule has 1 rings (SSSR count). The van der Waals surface area contributed by atoms with Gasteiger partial charge in [0.25, 0.3) is 0 Å². The van der Waals surface area contributed by atoms with E-state index < -0.39 is 0 Å². The van der Waals surface area contributed by atoms with Crippen LogP contribution >= 0.6 is 0 Å². The van der Waals surface area contributed by atoms with Gasteiger partial charge in [0.05, 0.1) is 6.61 Å². The van der Waals surface area contributed by atoms with Crippen LogP contribution < -0.4 is 0 Å². The molecular weight excluding hydrogens is 152 g/mol. The number of hydrogen-bond acceptors (Lipinski definition) is 2. The van der Waals surface area contributed by atoms with Gasteiger partial charge in [0, 0.05) is 6.42 Å². The minimum Gasteiger partial charge on any atom is -0.466 e. The average molecular weight is 169 g/mol. The summed E-state index contributed by atoms with van der Waals surface area (Å²) in [5.74, 6) is 0.524. The zero-order valence-electron chi connectivity index (χ0n) is 7.71. The minimum atomic E-state index is -0.0298. The van der Waals surface area contributed by atoms with Crippen LogP contribution in [0.4, 0.5) is 0 Å². The van der Waals surface area contributed by atoms with Crippen molar-refractivity contribution in [3.8, 4) is 0 Å². The summed E-state index contributed by atoms with van der Waals surface area (Å²) < 4.78 is 4.89. The lowest BCUT2D eigenvalue weighted by Crippen LogP contribution is -2.14. The van der Waals surface area contributed by atoms with Gasteiger partial charge >= 0.3 is 5.97 Å². The Morgan fingerprint density at radius 2 is 2.50 bits per heavy atom. The summed E-state index contributed by atoms with van der Waals surface area (Å²) in [5, 5.41) is 0. The second kappa shape index (κ2) is 5.18. The number of carbonyl (C=O) groups is 1. The van der Waals surface area contributed by atoms with E-state index in [2.05, 4.69) is 6.42 Å². The van der Waals surface area contributed by atoms with Gasteiger partial charge in [-0.05, 0) is 32.1 Å². The Balaban J connectivity index is 2.15. The fraction of sp³-hybridized carbons (Fsp3) is 0.800. The molecule has 0 saturated heterocycles. The predicted molar refractivity (Wildman–Crippen MR) is 47.5 cm³/mol. The highest BCUT2D eigenvalue weighted by atomic mass is 16.5. The number of esters is 1. The highest BCUT2D eigenvalue weighted by Crippen LogP contribution is 2.25. The van der Waals surface area contributed by atoms with Gasteiger partial charge in [-0.2, -0.15) is 0 Å². The average Bonchev–Trinajstić information content (AvgIpc) is 2.06. The van der Waals surface area contributed by atoms with Crippen molar-refractivity contribution in [2.45, 2.75) is 39.0 Å². The summed E-state index contributed by atoms with van der Waals surface area (Å²) in [6, 6.07) is 0. The Hall–Kier alpha value is -0.530. The Bertz CT molecular complexity index is 137. The SMILES string of the molecule is CCOC(=O)CC1C[CH]CCC1. The molecule has 0 heterocycles. The first kappa shape index (κ1) is 9.56. The van der Waals surface area contributed by atoms with Gasteiger partial charge in [-0.3, -0.25) is 4.79 Å². The molecule has 0 bridgehead atoms. The van der Waals surface area contributed by atoms with Crippen LogP contribution in [0.25, 0.3) is 0 Å². The maximum absolute atomic E-state index is 11.1. The molecule has 0 spiro atoms. The number of carbonyl (C=O) groups excluding carboxylic acids is 1. The van der Waals surface area contributed by atoms with Gasteiger partial charge in [0.2, 0.25) is 0 Å².